The van der Waals surface area contributed by atoms with Crippen LogP contribution in [0.1, 0.15) is 38.7 Å². The molecule has 1 aliphatic rings. The lowest BCUT2D eigenvalue weighted by Crippen LogP contribution is -2.30. The number of nitrogens with zero attached hydrogens (tertiary/aromatic N) is 1. The summed E-state index contributed by atoms with van der Waals surface area (Å²) in [5.74, 6) is 0.292. The summed E-state index contributed by atoms with van der Waals surface area (Å²) in [5, 5.41) is 0. The zero-order chi connectivity index (χ0) is 13.2. The molecule has 2 rings (SSSR count). The summed E-state index contributed by atoms with van der Waals surface area (Å²) in [6, 6.07) is 8.19. The average molecular weight is 310 g/mol. The van der Waals surface area contributed by atoms with E-state index in [2.05, 4.69) is 41.9 Å². The van der Waals surface area contributed by atoms with Crippen LogP contribution in [0.25, 0.3) is 0 Å². The highest BCUT2D eigenvalue weighted by Crippen LogP contribution is 2.30. The van der Waals surface area contributed by atoms with Crippen LogP contribution < -0.4 is 0 Å². The van der Waals surface area contributed by atoms with Crippen LogP contribution in [-0.2, 0) is 11.3 Å². The number of benzene rings is 1. The molecule has 0 bridgehead atoms. The third-order valence-corrected chi connectivity index (χ3v) is 4.18. The maximum absolute atomic E-state index is 12.1. The minimum absolute atomic E-state index is 0.292. The summed E-state index contributed by atoms with van der Waals surface area (Å²) in [6.45, 7) is 6.11. The molecule has 3 heteroatoms. The van der Waals surface area contributed by atoms with Crippen molar-refractivity contribution >= 4 is 21.8 Å². The lowest BCUT2D eigenvalue weighted by Gasteiger charge is -2.23. The summed E-state index contributed by atoms with van der Waals surface area (Å²) in [6.07, 6.45) is 2.77. The van der Waals surface area contributed by atoms with Crippen LogP contribution in [0.15, 0.2) is 28.7 Å². The first-order valence-corrected chi connectivity index (χ1v) is 7.28. The summed E-state index contributed by atoms with van der Waals surface area (Å²) in [7, 11) is 0. The molecule has 0 aliphatic carbocycles. The zero-order valence-electron chi connectivity index (χ0n) is 11.1. The molecule has 1 saturated heterocycles. The van der Waals surface area contributed by atoms with Crippen molar-refractivity contribution in [2.24, 2.45) is 5.41 Å². The highest BCUT2D eigenvalue weighted by molar-refractivity contribution is 9.10. The molecule has 98 valence electrons. The highest BCUT2D eigenvalue weighted by Gasteiger charge is 2.27. The van der Waals surface area contributed by atoms with Crippen molar-refractivity contribution < 1.29 is 4.79 Å². The van der Waals surface area contributed by atoms with E-state index in [0.29, 0.717) is 17.7 Å². The lowest BCUT2D eigenvalue weighted by molar-refractivity contribution is -0.131. The number of likely N-dealkylation sites (tertiary alicyclic amines) is 1. The van der Waals surface area contributed by atoms with E-state index in [-0.39, 0.29) is 0 Å². The Hall–Kier alpha value is -0.830. The number of rotatable bonds is 2. The van der Waals surface area contributed by atoms with Crippen LogP contribution in [0.5, 0.6) is 0 Å². The van der Waals surface area contributed by atoms with Crippen LogP contribution in [0.3, 0.4) is 0 Å². The normalized spacial score (nSPS) is 19.7. The van der Waals surface area contributed by atoms with Crippen LogP contribution in [-0.4, -0.2) is 17.4 Å². The van der Waals surface area contributed by atoms with Gasteiger partial charge in [0.15, 0.2) is 0 Å². The molecule has 1 aromatic carbocycles. The number of halogens is 1. The summed E-state index contributed by atoms with van der Waals surface area (Å²) < 4.78 is 1.07. The lowest BCUT2D eigenvalue weighted by atomic mass is 9.85. The van der Waals surface area contributed by atoms with Gasteiger partial charge < -0.3 is 4.90 Å². The topological polar surface area (TPSA) is 20.3 Å². The molecule has 1 aliphatic heterocycles. The summed E-state index contributed by atoms with van der Waals surface area (Å²) in [4.78, 5) is 14.1. The molecule has 2 nitrogen and oxygen atoms in total. The molecule has 1 fully saturated rings. The molecular formula is C15H20BrNO. The van der Waals surface area contributed by atoms with E-state index in [1.54, 1.807) is 0 Å². The van der Waals surface area contributed by atoms with Crippen molar-refractivity contribution in [2.75, 3.05) is 6.54 Å². The second kappa shape index (κ2) is 5.43. The fraction of sp³-hybridized carbons (Fsp3) is 0.533. The first-order chi connectivity index (χ1) is 8.46. The van der Waals surface area contributed by atoms with E-state index in [1.165, 1.54) is 5.56 Å². The number of amides is 1. The Balaban J connectivity index is 2.06. The third-order valence-electron chi connectivity index (χ3n) is 3.69. The second-order valence-corrected chi connectivity index (χ2v) is 6.78. The Morgan fingerprint density at radius 3 is 2.83 bits per heavy atom. The maximum Gasteiger partial charge on any atom is 0.222 e. The average Bonchev–Trinajstić information content (AvgIpc) is 2.42. The molecule has 0 saturated carbocycles. The molecule has 0 radical (unpaired) electrons. The largest absolute Gasteiger partial charge is 0.338 e. The van der Waals surface area contributed by atoms with Gasteiger partial charge >= 0.3 is 0 Å². The van der Waals surface area contributed by atoms with E-state index in [1.807, 2.05) is 17.0 Å². The van der Waals surface area contributed by atoms with Crippen LogP contribution in [0, 0.1) is 5.41 Å². The number of hydrogen-bond acceptors (Lipinski definition) is 1. The van der Waals surface area contributed by atoms with Gasteiger partial charge in [0, 0.05) is 24.0 Å². The van der Waals surface area contributed by atoms with E-state index >= 15 is 0 Å². The van der Waals surface area contributed by atoms with Crippen molar-refractivity contribution in [3.05, 3.63) is 34.3 Å². The van der Waals surface area contributed by atoms with Gasteiger partial charge in [0.1, 0.15) is 0 Å². The van der Waals surface area contributed by atoms with E-state index in [9.17, 15) is 4.79 Å². The minimum atomic E-state index is 0.292. The zero-order valence-corrected chi connectivity index (χ0v) is 12.7. The van der Waals surface area contributed by atoms with E-state index in [4.69, 9.17) is 0 Å². The molecule has 1 aromatic rings. The first kappa shape index (κ1) is 13.6. The molecule has 1 amide bonds. The number of carbonyl (C=O) groups is 1. The highest BCUT2D eigenvalue weighted by atomic mass is 79.9. The predicted molar refractivity (Wildman–Crippen MR) is 77.2 cm³/mol. The van der Waals surface area contributed by atoms with Crippen molar-refractivity contribution in [1.82, 2.24) is 4.90 Å². The fourth-order valence-corrected chi connectivity index (χ4v) is 2.76. The number of hydrogen-bond donors (Lipinski definition) is 0. The second-order valence-electron chi connectivity index (χ2n) is 5.86. The molecule has 0 N–H and O–H groups in total. The third kappa shape index (κ3) is 3.58. The van der Waals surface area contributed by atoms with Gasteiger partial charge in [0.25, 0.3) is 0 Å². The Morgan fingerprint density at radius 2 is 2.11 bits per heavy atom. The predicted octanol–water partition coefficient (Wildman–Crippen LogP) is 3.99. The van der Waals surface area contributed by atoms with Gasteiger partial charge in [0.2, 0.25) is 5.91 Å². The monoisotopic (exact) mass is 309 g/mol. The standard InChI is InChI=1S/C15H20BrNO/c1-15(2)7-6-14(18)17(9-8-15)11-12-4-3-5-13(16)10-12/h3-5,10H,6-9,11H2,1-2H3. The van der Waals surface area contributed by atoms with Gasteiger partial charge in [-0.05, 0) is 36.0 Å². The smallest absolute Gasteiger partial charge is 0.222 e. The van der Waals surface area contributed by atoms with E-state index in [0.717, 1.165) is 30.4 Å². The molecular weight excluding hydrogens is 290 g/mol. The molecule has 18 heavy (non-hydrogen) atoms. The van der Waals surface area contributed by atoms with Gasteiger partial charge in [-0.1, -0.05) is 41.9 Å². The van der Waals surface area contributed by atoms with Crippen LogP contribution >= 0.6 is 15.9 Å². The maximum atomic E-state index is 12.1. The Morgan fingerprint density at radius 1 is 1.33 bits per heavy atom. The van der Waals surface area contributed by atoms with Gasteiger partial charge in [-0.2, -0.15) is 0 Å². The van der Waals surface area contributed by atoms with E-state index < -0.39 is 0 Å². The first-order valence-electron chi connectivity index (χ1n) is 6.48. The van der Waals surface area contributed by atoms with Gasteiger partial charge in [-0.3, -0.25) is 4.79 Å². The summed E-state index contributed by atoms with van der Waals surface area (Å²) >= 11 is 3.47. The van der Waals surface area contributed by atoms with Crippen molar-refractivity contribution in [1.29, 1.82) is 0 Å². The Kier molecular flexibility index (Phi) is 4.10. The molecule has 0 atom stereocenters. The van der Waals surface area contributed by atoms with Crippen molar-refractivity contribution in [3.63, 3.8) is 0 Å². The molecule has 0 spiro atoms. The quantitative estimate of drug-likeness (QED) is 0.809. The Labute approximate surface area is 117 Å². The van der Waals surface area contributed by atoms with Crippen LogP contribution in [0.4, 0.5) is 0 Å². The summed E-state index contributed by atoms with van der Waals surface area (Å²) in [5.41, 5.74) is 1.49. The molecule has 0 aromatic heterocycles. The number of carbonyl (C=O) groups excluding carboxylic acids is 1. The minimum Gasteiger partial charge on any atom is -0.338 e. The van der Waals surface area contributed by atoms with Crippen molar-refractivity contribution in [3.8, 4) is 0 Å². The van der Waals surface area contributed by atoms with Gasteiger partial charge in [-0.15, -0.1) is 0 Å². The molecule has 0 unspecified atom stereocenters. The van der Waals surface area contributed by atoms with Crippen molar-refractivity contribution in [2.45, 2.75) is 39.7 Å². The van der Waals surface area contributed by atoms with Gasteiger partial charge in [0.05, 0.1) is 0 Å². The van der Waals surface area contributed by atoms with Gasteiger partial charge in [-0.25, -0.2) is 0 Å². The van der Waals surface area contributed by atoms with Crippen LogP contribution in [0.2, 0.25) is 0 Å². The molecule has 1 heterocycles. The fourth-order valence-electron chi connectivity index (χ4n) is 2.31. The SMILES string of the molecule is CC1(C)CCC(=O)N(Cc2cccc(Br)c2)CC1. The Bertz CT molecular complexity index is 442.